The van der Waals surface area contributed by atoms with E-state index in [1.54, 1.807) is 12.1 Å². The maximum Gasteiger partial charge on any atom is 0.164 e. The van der Waals surface area contributed by atoms with Crippen molar-refractivity contribution in [3.8, 4) is 0 Å². The van der Waals surface area contributed by atoms with Crippen LogP contribution in [0.25, 0.3) is 0 Å². The lowest BCUT2D eigenvalue weighted by molar-refractivity contribution is -0.301. The molecule has 0 aliphatic heterocycles. The van der Waals surface area contributed by atoms with Crippen LogP contribution in [0.2, 0.25) is 0 Å². The minimum Gasteiger partial charge on any atom is -0.549 e. The lowest BCUT2D eigenvalue weighted by Crippen LogP contribution is -2.25. The average Bonchev–Trinajstić information content (AvgIpc) is 2.52. The first-order chi connectivity index (χ1) is 10.6. The monoisotopic (exact) mass is 377 g/mol. The number of halogens is 1. The van der Waals surface area contributed by atoms with Crippen LogP contribution in [0.5, 0.6) is 0 Å². The lowest BCUT2D eigenvalue weighted by Gasteiger charge is -2.17. The first-order valence-electron chi connectivity index (χ1n) is 6.71. The number of hydrogen-bond acceptors (Lipinski definition) is 4. The van der Waals surface area contributed by atoms with Crippen molar-refractivity contribution in [2.75, 3.05) is 5.75 Å². The van der Waals surface area contributed by atoms with Crippen LogP contribution in [0.15, 0.2) is 59.1 Å². The van der Waals surface area contributed by atoms with Gasteiger partial charge in [0.25, 0.3) is 0 Å². The first kappa shape index (κ1) is 16.8. The zero-order chi connectivity index (χ0) is 15.9. The molecule has 0 fully saturated rings. The van der Waals surface area contributed by atoms with Crippen LogP contribution in [0.3, 0.4) is 0 Å². The Morgan fingerprint density at radius 1 is 1.05 bits per heavy atom. The fourth-order valence-corrected chi connectivity index (χ4v) is 3.25. The third kappa shape index (κ3) is 5.00. The number of hydrogen-bond donors (Lipinski definition) is 0. The number of benzene rings is 2. The second-order valence-electron chi connectivity index (χ2n) is 4.72. The first-order valence-corrected chi connectivity index (χ1v) is 8.55. The maximum absolute atomic E-state index is 12.4. The number of carboxylic acid groups (broad SMARTS) is 1. The van der Waals surface area contributed by atoms with Crippen molar-refractivity contribution in [3.05, 3.63) is 70.2 Å². The number of ketones is 1. The highest BCUT2D eigenvalue weighted by molar-refractivity contribution is 9.10. The molecule has 0 heterocycles. The van der Waals surface area contributed by atoms with E-state index in [1.165, 1.54) is 11.8 Å². The smallest absolute Gasteiger partial charge is 0.164 e. The molecule has 0 saturated carbocycles. The fourth-order valence-electron chi connectivity index (χ4n) is 2.03. The number of carboxylic acids is 1. The van der Waals surface area contributed by atoms with Crippen molar-refractivity contribution in [3.63, 3.8) is 0 Å². The summed E-state index contributed by atoms with van der Waals surface area (Å²) in [5.41, 5.74) is 1.57. The summed E-state index contributed by atoms with van der Waals surface area (Å²) in [5.74, 6) is -1.26. The van der Waals surface area contributed by atoms with Gasteiger partial charge in [0.2, 0.25) is 0 Å². The van der Waals surface area contributed by atoms with E-state index in [0.29, 0.717) is 5.56 Å². The normalized spacial score (nSPS) is 11.9. The molecule has 0 aliphatic rings. The second-order valence-corrected chi connectivity index (χ2v) is 6.82. The second kappa shape index (κ2) is 8.15. The van der Waals surface area contributed by atoms with Gasteiger partial charge in [-0.15, -0.1) is 11.8 Å². The van der Waals surface area contributed by atoms with Gasteiger partial charge in [-0.2, -0.15) is 0 Å². The number of Topliss-reactive ketones (excluding diaryl/α,β-unsaturated/α-hetero) is 1. The summed E-state index contributed by atoms with van der Waals surface area (Å²) < 4.78 is 0.912. The molecule has 0 bridgehead atoms. The van der Waals surface area contributed by atoms with Gasteiger partial charge in [0, 0.05) is 27.5 Å². The number of aliphatic carboxylic acids is 1. The molecule has 22 heavy (non-hydrogen) atoms. The number of rotatable bonds is 7. The van der Waals surface area contributed by atoms with Gasteiger partial charge in [0.15, 0.2) is 5.78 Å². The van der Waals surface area contributed by atoms with Crippen LogP contribution in [-0.2, 0) is 4.79 Å². The minimum atomic E-state index is -1.12. The molecule has 0 radical (unpaired) electrons. The third-order valence-electron chi connectivity index (χ3n) is 3.11. The Bertz CT molecular complexity index is 641. The summed E-state index contributed by atoms with van der Waals surface area (Å²) in [4.78, 5) is 23.1. The predicted octanol–water partition coefficient (Wildman–Crippen LogP) is 3.25. The summed E-state index contributed by atoms with van der Waals surface area (Å²) in [6, 6.07) is 16.6. The largest absolute Gasteiger partial charge is 0.549 e. The molecule has 0 aromatic heterocycles. The molecule has 3 nitrogen and oxygen atoms in total. The van der Waals surface area contributed by atoms with Crippen LogP contribution < -0.4 is 5.11 Å². The minimum absolute atomic E-state index is 0.00722. The molecule has 2 aromatic rings. The Kier molecular flexibility index (Phi) is 6.21. The van der Waals surface area contributed by atoms with E-state index in [1.807, 2.05) is 42.5 Å². The summed E-state index contributed by atoms with van der Waals surface area (Å²) >= 11 is 4.55. The number of thioether (sulfide) groups is 1. The van der Waals surface area contributed by atoms with Gasteiger partial charge in [-0.25, -0.2) is 0 Å². The van der Waals surface area contributed by atoms with Gasteiger partial charge < -0.3 is 9.90 Å². The number of carbonyl (C=O) groups excluding carboxylic acids is 2. The molecule has 0 unspecified atom stereocenters. The third-order valence-corrected chi connectivity index (χ3v) is 4.88. The number of carbonyl (C=O) groups is 2. The van der Waals surface area contributed by atoms with Crippen molar-refractivity contribution in [1.29, 1.82) is 0 Å². The summed E-state index contributed by atoms with van der Waals surface area (Å²) in [6.45, 7) is 0. The van der Waals surface area contributed by atoms with Crippen molar-refractivity contribution in [2.45, 2.75) is 11.7 Å². The van der Waals surface area contributed by atoms with Crippen molar-refractivity contribution in [2.24, 2.45) is 0 Å². The lowest BCUT2D eigenvalue weighted by atomic mass is 10.0. The van der Waals surface area contributed by atoms with E-state index in [2.05, 4.69) is 15.9 Å². The van der Waals surface area contributed by atoms with Gasteiger partial charge in [-0.3, -0.25) is 4.79 Å². The molecule has 0 spiro atoms. The molecule has 2 rings (SSSR count). The molecular formula is C17H14BrO3S-. The van der Waals surface area contributed by atoms with Gasteiger partial charge >= 0.3 is 0 Å². The van der Waals surface area contributed by atoms with Crippen LogP contribution in [0.1, 0.15) is 27.6 Å². The maximum atomic E-state index is 12.4. The van der Waals surface area contributed by atoms with Gasteiger partial charge in [0.05, 0.1) is 5.97 Å². The summed E-state index contributed by atoms with van der Waals surface area (Å²) in [5, 5.41) is 10.5. The van der Waals surface area contributed by atoms with E-state index in [9.17, 15) is 14.7 Å². The quantitative estimate of drug-likeness (QED) is 0.694. The molecule has 2 aromatic carbocycles. The molecule has 114 valence electrons. The zero-order valence-electron chi connectivity index (χ0n) is 11.7. The van der Waals surface area contributed by atoms with Gasteiger partial charge in [0.1, 0.15) is 0 Å². The zero-order valence-corrected chi connectivity index (χ0v) is 14.1. The Balaban J connectivity index is 2.13. The summed E-state index contributed by atoms with van der Waals surface area (Å²) in [6.07, 6.45) is 0.254. The van der Waals surface area contributed by atoms with Crippen LogP contribution in [0, 0.1) is 0 Å². The van der Waals surface area contributed by atoms with E-state index < -0.39 is 5.97 Å². The molecule has 0 amide bonds. The van der Waals surface area contributed by atoms with Crippen LogP contribution in [0.4, 0.5) is 0 Å². The standard InChI is InChI=1S/C17H15BrO3S/c18-14-8-6-12(7-9-14)15(19)10-16(22-11-17(20)21)13-4-2-1-3-5-13/h1-9,16H,10-11H2,(H,20,21)/p-1/t16-/m1/s1. The van der Waals surface area contributed by atoms with Gasteiger partial charge in [-0.05, 0) is 17.7 Å². The molecule has 0 saturated heterocycles. The molecule has 0 N–H and O–H groups in total. The SMILES string of the molecule is O=C([O-])CS[C@H](CC(=O)c1ccc(Br)cc1)c1ccccc1. The molecular weight excluding hydrogens is 364 g/mol. The highest BCUT2D eigenvalue weighted by atomic mass is 79.9. The molecule has 0 aliphatic carbocycles. The van der Waals surface area contributed by atoms with Gasteiger partial charge in [-0.1, -0.05) is 58.4 Å². The van der Waals surface area contributed by atoms with Crippen LogP contribution >= 0.6 is 27.7 Å². The van der Waals surface area contributed by atoms with E-state index in [-0.39, 0.29) is 23.2 Å². The van der Waals surface area contributed by atoms with E-state index in [0.717, 1.165) is 10.0 Å². The Labute approximate surface area is 141 Å². The van der Waals surface area contributed by atoms with Crippen molar-refractivity contribution in [1.82, 2.24) is 0 Å². The predicted molar refractivity (Wildman–Crippen MR) is 89.7 cm³/mol. The Morgan fingerprint density at radius 2 is 1.68 bits per heavy atom. The Morgan fingerprint density at radius 3 is 2.27 bits per heavy atom. The van der Waals surface area contributed by atoms with Crippen molar-refractivity contribution >= 4 is 39.4 Å². The van der Waals surface area contributed by atoms with Crippen molar-refractivity contribution < 1.29 is 14.7 Å². The Hall–Kier alpha value is -1.59. The average molecular weight is 378 g/mol. The van der Waals surface area contributed by atoms with E-state index >= 15 is 0 Å². The van der Waals surface area contributed by atoms with Crippen LogP contribution in [-0.4, -0.2) is 17.5 Å². The highest BCUT2D eigenvalue weighted by Crippen LogP contribution is 2.33. The van der Waals surface area contributed by atoms with E-state index in [4.69, 9.17) is 0 Å². The topological polar surface area (TPSA) is 57.2 Å². The fraction of sp³-hybridized carbons (Fsp3) is 0.176. The highest BCUT2D eigenvalue weighted by Gasteiger charge is 2.17. The summed E-state index contributed by atoms with van der Waals surface area (Å²) in [7, 11) is 0. The molecule has 5 heteroatoms. The molecule has 1 atom stereocenters.